The first kappa shape index (κ1) is 9.81. The predicted molar refractivity (Wildman–Crippen MR) is 52.7 cm³/mol. The molecule has 0 bridgehead atoms. The van der Waals surface area contributed by atoms with Crippen LogP contribution in [0, 0.1) is 0 Å². The van der Waals surface area contributed by atoms with Gasteiger partial charge in [-0.3, -0.25) is 0 Å². The lowest BCUT2D eigenvalue weighted by atomic mass is 10.3. The molecule has 0 saturated heterocycles. The third kappa shape index (κ3) is 2.03. The van der Waals surface area contributed by atoms with Crippen LogP contribution in [0.4, 0.5) is 0 Å². The summed E-state index contributed by atoms with van der Waals surface area (Å²) in [4.78, 5) is 3.60. The Bertz CT molecular complexity index is 561. The molecule has 1 aromatic heterocycles. The number of nitrogens with two attached hydrogens (primary N) is 1. The normalized spacial score (nSPS) is 11.5. The number of aromatic nitrogens is 3. The highest BCUT2D eigenvalue weighted by molar-refractivity contribution is 7.89. The summed E-state index contributed by atoms with van der Waals surface area (Å²) >= 11 is 0. The van der Waals surface area contributed by atoms with E-state index in [4.69, 9.17) is 5.14 Å². The van der Waals surface area contributed by atoms with E-state index >= 15 is 0 Å². The van der Waals surface area contributed by atoms with E-state index in [0.717, 1.165) is 5.69 Å². The predicted octanol–water partition coefficient (Wildman–Crippen LogP) is -0.0853. The van der Waals surface area contributed by atoms with Gasteiger partial charge >= 0.3 is 0 Å². The summed E-state index contributed by atoms with van der Waals surface area (Å²) in [5.41, 5.74) is 0.722. The molecule has 0 radical (unpaired) electrons. The van der Waals surface area contributed by atoms with Crippen LogP contribution in [0.15, 0.2) is 41.8 Å². The van der Waals surface area contributed by atoms with E-state index in [1.54, 1.807) is 12.1 Å². The molecule has 0 spiro atoms. The second-order valence-corrected chi connectivity index (χ2v) is 4.31. The molecule has 78 valence electrons. The van der Waals surface area contributed by atoms with Crippen LogP contribution >= 0.6 is 0 Å². The molecule has 0 amide bonds. The minimum atomic E-state index is -3.83. The summed E-state index contributed by atoms with van der Waals surface area (Å²) in [6, 6.07) is 9.03. The maximum absolute atomic E-state index is 10.9. The zero-order valence-corrected chi connectivity index (χ0v) is 8.42. The van der Waals surface area contributed by atoms with Crippen molar-refractivity contribution in [3.63, 3.8) is 0 Å². The molecule has 1 aromatic carbocycles. The molecule has 6 nitrogen and oxygen atoms in total. The summed E-state index contributed by atoms with van der Waals surface area (Å²) in [6.45, 7) is 0. The summed E-state index contributed by atoms with van der Waals surface area (Å²) in [6.07, 6.45) is 1.30. The van der Waals surface area contributed by atoms with Crippen molar-refractivity contribution in [3.05, 3.63) is 36.7 Å². The average molecular weight is 224 g/mol. The fourth-order valence-electron chi connectivity index (χ4n) is 1.08. The van der Waals surface area contributed by atoms with Crippen LogP contribution in [-0.4, -0.2) is 23.2 Å². The van der Waals surface area contributed by atoms with Gasteiger partial charge < -0.3 is 0 Å². The lowest BCUT2D eigenvalue weighted by Gasteiger charge is -1.97. The largest absolute Gasteiger partial charge is 0.282 e. The molecule has 0 aliphatic heterocycles. The van der Waals surface area contributed by atoms with Gasteiger partial charge in [0.05, 0.1) is 5.69 Å². The van der Waals surface area contributed by atoms with Crippen molar-refractivity contribution >= 4 is 10.0 Å². The smallest absolute Gasteiger partial charge is 0.222 e. The fraction of sp³-hybridized carbons (Fsp3) is 0. The Morgan fingerprint density at radius 1 is 1.20 bits per heavy atom. The lowest BCUT2D eigenvalue weighted by molar-refractivity contribution is 0.588. The van der Waals surface area contributed by atoms with Gasteiger partial charge in [0.15, 0.2) is 0 Å². The summed E-state index contributed by atoms with van der Waals surface area (Å²) in [5.74, 6) is 0. The molecule has 2 rings (SSSR count). The highest BCUT2D eigenvalue weighted by atomic mass is 32.2. The fourth-order valence-corrected chi connectivity index (χ4v) is 1.48. The molecule has 0 aliphatic rings. The monoisotopic (exact) mass is 224 g/mol. The number of para-hydroxylation sites is 1. The minimum Gasteiger partial charge on any atom is -0.222 e. The van der Waals surface area contributed by atoms with Gasteiger partial charge in [-0.25, -0.2) is 23.2 Å². The molecule has 15 heavy (non-hydrogen) atoms. The maximum Gasteiger partial charge on any atom is 0.282 e. The van der Waals surface area contributed by atoms with E-state index in [9.17, 15) is 8.42 Å². The van der Waals surface area contributed by atoms with Crippen molar-refractivity contribution in [3.8, 4) is 5.69 Å². The summed E-state index contributed by atoms with van der Waals surface area (Å²) < 4.78 is 23.2. The number of nitrogens with zero attached hydrogens (tertiary/aromatic N) is 3. The van der Waals surface area contributed by atoms with E-state index in [1.165, 1.54) is 11.0 Å². The quantitative estimate of drug-likeness (QED) is 0.772. The molecule has 7 heteroatoms. The van der Waals surface area contributed by atoms with Crippen molar-refractivity contribution in [1.82, 2.24) is 14.8 Å². The minimum absolute atomic E-state index is 0.383. The number of rotatable bonds is 2. The second kappa shape index (κ2) is 3.44. The van der Waals surface area contributed by atoms with Crippen LogP contribution in [0.3, 0.4) is 0 Å². The van der Waals surface area contributed by atoms with Gasteiger partial charge in [0.1, 0.15) is 6.33 Å². The summed E-state index contributed by atoms with van der Waals surface area (Å²) in [5, 5.41) is 8.24. The van der Waals surface area contributed by atoms with Crippen LogP contribution in [0.5, 0.6) is 0 Å². The van der Waals surface area contributed by atoms with Crippen LogP contribution < -0.4 is 5.14 Å². The van der Waals surface area contributed by atoms with Crippen molar-refractivity contribution in [2.24, 2.45) is 5.14 Å². The Morgan fingerprint density at radius 2 is 1.87 bits per heavy atom. The molecule has 0 fully saturated rings. The van der Waals surface area contributed by atoms with Crippen LogP contribution in [0.2, 0.25) is 0 Å². The van der Waals surface area contributed by atoms with Crippen LogP contribution in [0.1, 0.15) is 0 Å². The SMILES string of the molecule is NS(=O)(=O)c1ncn(-c2ccccc2)n1. The van der Waals surface area contributed by atoms with E-state index in [-0.39, 0.29) is 5.16 Å². The number of hydrogen-bond acceptors (Lipinski definition) is 4. The molecule has 2 N–H and O–H groups in total. The molecule has 2 aromatic rings. The topological polar surface area (TPSA) is 90.9 Å². The highest BCUT2D eigenvalue weighted by Crippen LogP contribution is 2.06. The van der Waals surface area contributed by atoms with Crippen LogP contribution in [-0.2, 0) is 10.0 Å². The second-order valence-electron chi connectivity index (χ2n) is 2.85. The van der Waals surface area contributed by atoms with Gasteiger partial charge in [0.25, 0.3) is 15.2 Å². The Kier molecular flexibility index (Phi) is 2.25. The number of benzene rings is 1. The van der Waals surface area contributed by atoms with Crippen molar-refractivity contribution in [2.45, 2.75) is 5.16 Å². The van der Waals surface area contributed by atoms with E-state index in [2.05, 4.69) is 10.1 Å². The van der Waals surface area contributed by atoms with Gasteiger partial charge in [-0.05, 0) is 12.1 Å². The Morgan fingerprint density at radius 3 is 2.40 bits per heavy atom. The van der Waals surface area contributed by atoms with Gasteiger partial charge in [0.2, 0.25) is 0 Å². The third-order valence-electron chi connectivity index (χ3n) is 1.75. The Hall–Kier alpha value is -1.73. The molecule has 0 atom stereocenters. The highest BCUT2D eigenvalue weighted by Gasteiger charge is 2.13. The zero-order chi connectivity index (χ0) is 10.9. The first-order valence-electron chi connectivity index (χ1n) is 4.07. The first-order chi connectivity index (χ1) is 7.07. The average Bonchev–Trinajstić information content (AvgIpc) is 2.67. The Labute approximate surface area is 86.4 Å². The molecule has 1 heterocycles. The van der Waals surface area contributed by atoms with E-state index < -0.39 is 10.0 Å². The number of primary sulfonamides is 1. The van der Waals surface area contributed by atoms with Gasteiger partial charge in [-0.15, -0.1) is 5.10 Å². The zero-order valence-electron chi connectivity index (χ0n) is 7.61. The first-order valence-corrected chi connectivity index (χ1v) is 5.62. The van der Waals surface area contributed by atoms with Gasteiger partial charge in [-0.1, -0.05) is 18.2 Å². The third-order valence-corrected chi connectivity index (χ3v) is 2.44. The number of sulfonamides is 1. The summed E-state index contributed by atoms with van der Waals surface area (Å²) in [7, 11) is -3.83. The van der Waals surface area contributed by atoms with E-state index in [1.807, 2.05) is 18.2 Å². The molecule has 0 aliphatic carbocycles. The van der Waals surface area contributed by atoms with Crippen molar-refractivity contribution < 1.29 is 8.42 Å². The lowest BCUT2D eigenvalue weighted by Crippen LogP contribution is -2.14. The molecule has 0 saturated carbocycles. The standard InChI is InChI=1S/C8H8N4O2S/c9-15(13,14)8-10-6-12(11-8)7-4-2-1-3-5-7/h1-6H,(H2,9,13,14). The molecular formula is C8H8N4O2S. The van der Waals surface area contributed by atoms with Gasteiger partial charge in [-0.2, -0.15) is 0 Å². The number of hydrogen-bond donors (Lipinski definition) is 1. The van der Waals surface area contributed by atoms with E-state index in [0.29, 0.717) is 0 Å². The molecular weight excluding hydrogens is 216 g/mol. The van der Waals surface area contributed by atoms with Crippen molar-refractivity contribution in [2.75, 3.05) is 0 Å². The van der Waals surface area contributed by atoms with Gasteiger partial charge in [0, 0.05) is 0 Å². The van der Waals surface area contributed by atoms with Crippen LogP contribution in [0.25, 0.3) is 5.69 Å². The van der Waals surface area contributed by atoms with Crippen molar-refractivity contribution in [1.29, 1.82) is 0 Å². The maximum atomic E-state index is 10.9. The Balaban J connectivity index is 2.46. The molecule has 0 unspecified atom stereocenters.